The Kier molecular flexibility index (Phi) is 21.3. The zero-order chi connectivity index (χ0) is 20.4. The Morgan fingerprint density at radius 2 is 1.18 bits per heavy atom. The van der Waals surface area contributed by atoms with Crippen LogP contribution in [0.5, 0.6) is 0 Å². The van der Waals surface area contributed by atoms with Crippen molar-refractivity contribution in [3.63, 3.8) is 0 Å². The van der Waals surface area contributed by atoms with Gasteiger partial charge in [-0.15, -0.1) is 12.4 Å². The van der Waals surface area contributed by atoms with Gasteiger partial charge in [0, 0.05) is 6.61 Å². The first-order chi connectivity index (χ1) is 12.8. The second kappa shape index (κ2) is 20.0. The molecule has 0 aromatic rings. The Balaban J connectivity index is 0. The third-order valence-electron chi connectivity index (χ3n) is 5.01. The van der Waals surface area contributed by atoms with Crippen LogP contribution in [0.25, 0.3) is 0 Å². The lowest BCUT2D eigenvalue weighted by molar-refractivity contribution is -0.873. The highest BCUT2D eigenvalue weighted by Gasteiger charge is 2.21. The standard InChI is InChI=1S/C23H47NO3.ClH/c1-5-6-7-8-9-10-11-12-13-14-15-16-17-18-19-27-22(20-23(25)26)21-24(2,3)4;/h22H,5-21H2,1-4H3;1H/p+1/t22-;/m1./s1. The van der Waals surface area contributed by atoms with E-state index in [4.69, 9.17) is 9.84 Å². The maximum absolute atomic E-state index is 11.0. The van der Waals surface area contributed by atoms with E-state index < -0.39 is 5.97 Å². The van der Waals surface area contributed by atoms with Gasteiger partial charge in [-0.3, -0.25) is 4.79 Å². The van der Waals surface area contributed by atoms with Gasteiger partial charge in [0.05, 0.1) is 27.6 Å². The predicted molar refractivity (Wildman–Crippen MR) is 122 cm³/mol. The molecule has 0 rings (SSSR count). The van der Waals surface area contributed by atoms with E-state index in [1.54, 1.807) is 0 Å². The molecule has 0 radical (unpaired) electrons. The summed E-state index contributed by atoms with van der Waals surface area (Å²) >= 11 is 0. The molecular formula is C23H49ClNO3+. The Bertz CT molecular complexity index is 345. The molecule has 0 aromatic carbocycles. The molecule has 0 aromatic heterocycles. The molecule has 28 heavy (non-hydrogen) atoms. The Morgan fingerprint density at radius 3 is 1.54 bits per heavy atom. The quantitative estimate of drug-likeness (QED) is 0.181. The van der Waals surface area contributed by atoms with Crippen LogP contribution >= 0.6 is 12.4 Å². The van der Waals surface area contributed by atoms with Crippen LogP contribution in [-0.4, -0.2) is 56.0 Å². The number of hydrogen-bond acceptors (Lipinski definition) is 2. The van der Waals surface area contributed by atoms with Gasteiger partial charge in [-0.25, -0.2) is 0 Å². The number of likely N-dealkylation sites (N-methyl/N-ethyl adjacent to an activating group) is 1. The van der Waals surface area contributed by atoms with Gasteiger partial charge in [-0.05, 0) is 6.42 Å². The number of unbranched alkanes of at least 4 members (excludes halogenated alkanes) is 13. The van der Waals surface area contributed by atoms with Crippen molar-refractivity contribution in [1.29, 1.82) is 0 Å². The monoisotopic (exact) mass is 422 g/mol. The summed E-state index contributed by atoms with van der Waals surface area (Å²) in [7, 11) is 6.22. The molecule has 1 atom stereocenters. The van der Waals surface area contributed by atoms with E-state index in [0.717, 1.165) is 17.4 Å². The van der Waals surface area contributed by atoms with Crippen molar-refractivity contribution in [2.75, 3.05) is 34.3 Å². The van der Waals surface area contributed by atoms with E-state index in [1.165, 1.54) is 83.5 Å². The van der Waals surface area contributed by atoms with Gasteiger partial charge < -0.3 is 14.3 Å². The van der Waals surface area contributed by atoms with E-state index >= 15 is 0 Å². The Morgan fingerprint density at radius 1 is 0.786 bits per heavy atom. The highest BCUT2D eigenvalue weighted by Crippen LogP contribution is 2.13. The van der Waals surface area contributed by atoms with Crippen LogP contribution in [0.1, 0.15) is 103 Å². The Labute approximate surface area is 181 Å². The third kappa shape index (κ3) is 23.7. The molecule has 0 saturated carbocycles. The molecule has 0 fully saturated rings. The summed E-state index contributed by atoms with van der Waals surface area (Å²) in [5.41, 5.74) is 0. The van der Waals surface area contributed by atoms with Gasteiger partial charge in [-0.1, -0.05) is 90.4 Å². The minimum atomic E-state index is -0.769. The minimum absolute atomic E-state index is 0. The summed E-state index contributed by atoms with van der Waals surface area (Å²) in [6, 6.07) is 0. The second-order valence-electron chi connectivity index (χ2n) is 9.16. The fourth-order valence-electron chi connectivity index (χ4n) is 3.53. The Hall–Kier alpha value is -0.320. The van der Waals surface area contributed by atoms with Crippen LogP contribution in [0.15, 0.2) is 0 Å². The third-order valence-corrected chi connectivity index (χ3v) is 5.01. The number of nitrogens with zero attached hydrogens (tertiary/aromatic N) is 1. The van der Waals surface area contributed by atoms with Crippen LogP contribution in [0.4, 0.5) is 0 Å². The highest BCUT2D eigenvalue weighted by molar-refractivity contribution is 5.85. The maximum atomic E-state index is 11.0. The molecule has 0 amide bonds. The predicted octanol–water partition coefficient (Wildman–Crippen LogP) is 6.46. The molecule has 0 bridgehead atoms. The van der Waals surface area contributed by atoms with Gasteiger partial charge in [0.25, 0.3) is 0 Å². The number of quaternary nitrogens is 1. The van der Waals surface area contributed by atoms with Crippen molar-refractivity contribution < 1.29 is 19.1 Å². The maximum Gasteiger partial charge on any atom is 0.306 e. The number of carboxylic acid groups (broad SMARTS) is 1. The van der Waals surface area contributed by atoms with Crippen LogP contribution in [0.3, 0.4) is 0 Å². The van der Waals surface area contributed by atoms with Gasteiger partial charge >= 0.3 is 5.97 Å². The summed E-state index contributed by atoms with van der Waals surface area (Å²) < 4.78 is 6.57. The molecule has 1 N–H and O–H groups in total. The van der Waals surface area contributed by atoms with Gasteiger partial charge in [-0.2, -0.15) is 0 Å². The van der Waals surface area contributed by atoms with E-state index in [0.29, 0.717) is 6.61 Å². The molecule has 0 saturated heterocycles. The van der Waals surface area contributed by atoms with E-state index in [9.17, 15) is 4.79 Å². The molecule has 0 heterocycles. The zero-order valence-corrected chi connectivity index (χ0v) is 20.0. The van der Waals surface area contributed by atoms with Crippen molar-refractivity contribution in [3.8, 4) is 0 Å². The smallest absolute Gasteiger partial charge is 0.306 e. The second-order valence-corrected chi connectivity index (χ2v) is 9.16. The van der Waals surface area contributed by atoms with Crippen LogP contribution in [-0.2, 0) is 9.53 Å². The molecule has 4 nitrogen and oxygen atoms in total. The number of ether oxygens (including phenoxy) is 1. The average molecular weight is 423 g/mol. The fourth-order valence-corrected chi connectivity index (χ4v) is 3.53. The lowest BCUT2D eigenvalue weighted by atomic mass is 10.0. The van der Waals surface area contributed by atoms with E-state index in [2.05, 4.69) is 28.1 Å². The van der Waals surface area contributed by atoms with Gasteiger partial charge in [0.1, 0.15) is 12.6 Å². The first-order valence-electron chi connectivity index (χ1n) is 11.5. The topological polar surface area (TPSA) is 46.5 Å². The lowest BCUT2D eigenvalue weighted by Gasteiger charge is -2.28. The lowest BCUT2D eigenvalue weighted by Crippen LogP contribution is -2.43. The van der Waals surface area contributed by atoms with Crippen LogP contribution in [0, 0.1) is 0 Å². The summed E-state index contributed by atoms with van der Waals surface area (Å²) in [5.74, 6) is -0.769. The number of halogens is 1. The normalized spacial score (nSPS) is 12.6. The number of carbonyl (C=O) groups is 1. The first kappa shape index (κ1) is 29.9. The van der Waals surface area contributed by atoms with Crippen LogP contribution in [0.2, 0.25) is 0 Å². The van der Waals surface area contributed by atoms with Crippen molar-refractivity contribution >= 4 is 18.4 Å². The average Bonchev–Trinajstić information content (AvgIpc) is 2.56. The summed E-state index contributed by atoms with van der Waals surface area (Å²) in [5, 5.41) is 9.02. The summed E-state index contributed by atoms with van der Waals surface area (Å²) in [4.78, 5) is 11.0. The number of aliphatic carboxylic acids is 1. The molecular weight excluding hydrogens is 374 g/mol. The van der Waals surface area contributed by atoms with Gasteiger partial charge in [0.15, 0.2) is 0 Å². The molecule has 0 aliphatic rings. The largest absolute Gasteiger partial charge is 0.481 e. The fraction of sp³-hybridized carbons (Fsp3) is 0.957. The highest BCUT2D eigenvalue weighted by atomic mass is 35.5. The van der Waals surface area contributed by atoms with Gasteiger partial charge in [0.2, 0.25) is 0 Å². The SMILES string of the molecule is CCCCCCCCCCCCCCCCO[C@H](CC(=O)O)C[N+](C)(C)C.Cl. The van der Waals surface area contributed by atoms with Crippen LogP contribution < -0.4 is 0 Å². The van der Waals surface area contributed by atoms with Crippen molar-refractivity contribution in [3.05, 3.63) is 0 Å². The molecule has 0 spiro atoms. The zero-order valence-electron chi connectivity index (χ0n) is 19.2. The number of hydrogen-bond donors (Lipinski definition) is 1. The first-order valence-corrected chi connectivity index (χ1v) is 11.5. The van der Waals surface area contributed by atoms with Crippen molar-refractivity contribution in [2.24, 2.45) is 0 Å². The summed E-state index contributed by atoms with van der Waals surface area (Å²) in [6.07, 6.45) is 18.8. The number of carboxylic acids is 1. The number of rotatable bonds is 20. The van der Waals surface area contributed by atoms with Crippen molar-refractivity contribution in [1.82, 2.24) is 0 Å². The minimum Gasteiger partial charge on any atom is -0.481 e. The molecule has 0 unspecified atom stereocenters. The molecule has 0 aliphatic carbocycles. The van der Waals surface area contributed by atoms with E-state index in [-0.39, 0.29) is 24.9 Å². The molecule has 170 valence electrons. The summed E-state index contributed by atoms with van der Waals surface area (Å²) in [6.45, 7) is 3.70. The van der Waals surface area contributed by atoms with Crippen molar-refractivity contribution in [2.45, 2.75) is 109 Å². The molecule has 0 aliphatic heterocycles. The van der Waals surface area contributed by atoms with E-state index in [1.807, 2.05) is 0 Å². The molecule has 5 heteroatoms.